The average Bonchev–Trinajstić information content (AvgIpc) is 3.15. The van der Waals surface area contributed by atoms with Gasteiger partial charge in [-0.15, -0.1) is 0 Å². The van der Waals surface area contributed by atoms with Crippen LogP contribution in [0.2, 0.25) is 0 Å². The average molecular weight is 461 g/mol. The third-order valence-electron chi connectivity index (χ3n) is 5.70. The molecule has 0 saturated carbocycles. The minimum Gasteiger partial charge on any atom is -0.479 e. The number of aromatic nitrogens is 2. The topological polar surface area (TPSA) is 64.3 Å². The maximum absolute atomic E-state index is 13.4. The SMILES string of the molecule is Cc1ccc(-c2c(C(OC(C)(C)C)C(=O)O)c(C)nc3c2ccn3Cc2ccc(F)cc2)cc1. The monoisotopic (exact) mass is 460 g/mol. The molecular formula is C28H29FN2O3. The van der Waals surface area contributed by atoms with Crippen molar-refractivity contribution >= 4 is 17.0 Å². The lowest BCUT2D eigenvalue weighted by Gasteiger charge is -2.28. The molecule has 0 radical (unpaired) electrons. The van der Waals surface area contributed by atoms with Crippen LogP contribution in [-0.2, 0) is 16.1 Å². The van der Waals surface area contributed by atoms with E-state index in [1.165, 1.54) is 12.1 Å². The molecule has 2 aromatic heterocycles. The van der Waals surface area contributed by atoms with Crippen LogP contribution >= 0.6 is 0 Å². The van der Waals surface area contributed by atoms with E-state index in [1.54, 1.807) is 12.1 Å². The number of halogens is 1. The molecule has 6 heteroatoms. The number of aryl methyl sites for hydroxylation is 2. The van der Waals surface area contributed by atoms with E-state index in [4.69, 9.17) is 9.72 Å². The summed E-state index contributed by atoms with van der Waals surface area (Å²) in [5, 5.41) is 11.0. The van der Waals surface area contributed by atoms with Crippen molar-refractivity contribution in [3.05, 3.63) is 89.0 Å². The lowest BCUT2D eigenvalue weighted by atomic mass is 9.92. The Kier molecular flexibility index (Phi) is 6.28. The number of fused-ring (bicyclic) bond motifs is 1. The quantitative estimate of drug-likeness (QED) is 0.359. The fraction of sp³-hybridized carbons (Fsp3) is 0.286. The number of rotatable bonds is 6. The second-order valence-electron chi connectivity index (χ2n) is 9.61. The first-order chi connectivity index (χ1) is 16.0. The molecule has 5 nitrogen and oxygen atoms in total. The zero-order valence-electron chi connectivity index (χ0n) is 20.1. The predicted molar refractivity (Wildman–Crippen MR) is 131 cm³/mol. The molecule has 176 valence electrons. The zero-order chi connectivity index (χ0) is 24.6. The molecule has 4 rings (SSSR count). The van der Waals surface area contributed by atoms with E-state index in [0.717, 1.165) is 33.3 Å². The summed E-state index contributed by atoms with van der Waals surface area (Å²) < 4.78 is 21.4. The Morgan fingerprint density at radius 1 is 1.06 bits per heavy atom. The van der Waals surface area contributed by atoms with Gasteiger partial charge in [0, 0.05) is 34.9 Å². The number of carboxylic acids is 1. The molecule has 0 fully saturated rings. The third kappa shape index (κ3) is 4.87. The number of carbonyl (C=O) groups is 1. The molecular weight excluding hydrogens is 431 g/mol. The van der Waals surface area contributed by atoms with Crippen LogP contribution in [0, 0.1) is 19.7 Å². The smallest absolute Gasteiger partial charge is 0.337 e. The van der Waals surface area contributed by atoms with E-state index in [-0.39, 0.29) is 5.82 Å². The number of carboxylic acid groups (broad SMARTS) is 1. The number of benzene rings is 2. The number of ether oxygens (including phenoxy) is 1. The molecule has 1 atom stereocenters. The Morgan fingerprint density at radius 2 is 1.71 bits per heavy atom. The minimum atomic E-state index is -1.17. The van der Waals surface area contributed by atoms with Gasteiger partial charge in [0.2, 0.25) is 0 Å². The first-order valence-electron chi connectivity index (χ1n) is 11.2. The van der Waals surface area contributed by atoms with Crippen molar-refractivity contribution < 1.29 is 19.0 Å². The maximum atomic E-state index is 13.4. The summed E-state index contributed by atoms with van der Waals surface area (Å²) >= 11 is 0. The van der Waals surface area contributed by atoms with Gasteiger partial charge >= 0.3 is 5.97 Å². The fourth-order valence-electron chi connectivity index (χ4n) is 4.18. The molecule has 2 aromatic carbocycles. The molecule has 0 aliphatic carbocycles. The van der Waals surface area contributed by atoms with Gasteiger partial charge in [0.25, 0.3) is 0 Å². The summed E-state index contributed by atoms with van der Waals surface area (Å²) in [4.78, 5) is 17.2. The van der Waals surface area contributed by atoms with Crippen molar-refractivity contribution in [3.8, 4) is 11.1 Å². The minimum absolute atomic E-state index is 0.278. The van der Waals surface area contributed by atoms with E-state index < -0.39 is 17.7 Å². The lowest BCUT2D eigenvalue weighted by molar-refractivity contribution is -0.160. The van der Waals surface area contributed by atoms with Gasteiger partial charge in [0.15, 0.2) is 6.10 Å². The zero-order valence-corrected chi connectivity index (χ0v) is 20.1. The molecule has 0 aliphatic heterocycles. The Morgan fingerprint density at radius 3 is 2.29 bits per heavy atom. The summed E-state index contributed by atoms with van der Waals surface area (Å²) in [5.74, 6) is -1.33. The van der Waals surface area contributed by atoms with Gasteiger partial charge < -0.3 is 14.4 Å². The maximum Gasteiger partial charge on any atom is 0.337 e. The van der Waals surface area contributed by atoms with Crippen molar-refractivity contribution in [1.82, 2.24) is 9.55 Å². The lowest BCUT2D eigenvalue weighted by Crippen LogP contribution is -2.28. The molecule has 0 saturated heterocycles. The van der Waals surface area contributed by atoms with Crippen molar-refractivity contribution in [2.24, 2.45) is 0 Å². The fourth-order valence-corrected chi connectivity index (χ4v) is 4.18. The van der Waals surface area contributed by atoms with Crippen LogP contribution in [0.4, 0.5) is 4.39 Å². The van der Waals surface area contributed by atoms with Crippen molar-refractivity contribution in [3.63, 3.8) is 0 Å². The molecule has 0 amide bonds. The molecule has 0 spiro atoms. The van der Waals surface area contributed by atoms with Gasteiger partial charge in [0.1, 0.15) is 11.5 Å². The summed E-state index contributed by atoms with van der Waals surface area (Å²) in [6.07, 6.45) is 0.760. The van der Waals surface area contributed by atoms with Crippen LogP contribution in [0.5, 0.6) is 0 Å². The largest absolute Gasteiger partial charge is 0.479 e. The third-order valence-corrected chi connectivity index (χ3v) is 5.70. The van der Waals surface area contributed by atoms with Crippen LogP contribution in [0.3, 0.4) is 0 Å². The highest BCUT2D eigenvalue weighted by molar-refractivity contribution is 5.97. The Bertz CT molecular complexity index is 1330. The van der Waals surface area contributed by atoms with Gasteiger partial charge in [0.05, 0.1) is 5.60 Å². The van der Waals surface area contributed by atoms with Gasteiger partial charge in [-0.1, -0.05) is 42.0 Å². The molecule has 4 aromatic rings. The number of hydrogen-bond acceptors (Lipinski definition) is 3. The Hall–Kier alpha value is -3.51. The van der Waals surface area contributed by atoms with Crippen LogP contribution in [-0.4, -0.2) is 26.2 Å². The molecule has 0 bridgehead atoms. The summed E-state index contributed by atoms with van der Waals surface area (Å²) in [7, 11) is 0. The summed E-state index contributed by atoms with van der Waals surface area (Å²) in [6, 6.07) is 16.4. The van der Waals surface area contributed by atoms with Gasteiger partial charge in [-0.25, -0.2) is 14.2 Å². The predicted octanol–water partition coefficient (Wildman–Crippen LogP) is 6.45. The van der Waals surface area contributed by atoms with Crippen molar-refractivity contribution in [2.75, 3.05) is 0 Å². The molecule has 2 heterocycles. The van der Waals surface area contributed by atoms with Crippen LogP contribution < -0.4 is 0 Å². The van der Waals surface area contributed by atoms with E-state index in [9.17, 15) is 14.3 Å². The standard InChI is InChI=1S/C28H29FN2O3/c1-17-6-10-20(11-7-17)24-22-14-15-31(16-19-8-12-21(29)13-9-19)26(22)30-18(2)23(24)25(27(32)33)34-28(3,4)5/h6-15,25H,16H2,1-5H3,(H,32,33). The van der Waals surface area contributed by atoms with E-state index >= 15 is 0 Å². The molecule has 1 unspecified atom stereocenters. The second kappa shape index (κ2) is 9.03. The van der Waals surface area contributed by atoms with Crippen LogP contribution in [0.1, 0.15) is 49.3 Å². The van der Waals surface area contributed by atoms with Gasteiger partial charge in [-0.05, 0) is 63.9 Å². The van der Waals surface area contributed by atoms with E-state index in [1.807, 2.05) is 75.7 Å². The molecule has 0 aliphatic rings. The highest BCUT2D eigenvalue weighted by Crippen LogP contribution is 2.39. The Balaban J connectivity index is 1.95. The van der Waals surface area contributed by atoms with Crippen LogP contribution in [0.25, 0.3) is 22.2 Å². The van der Waals surface area contributed by atoms with Gasteiger partial charge in [-0.3, -0.25) is 0 Å². The first kappa shape index (κ1) is 23.6. The first-order valence-corrected chi connectivity index (χ1v) is 11.2. The molecule has 1 N–H and O–H groups in total. The second-order valence-corrected chi connectivity index (χ2v) is 9.61. The normalized spacial score (nSPS) is 12.8. The number of pyridine rings is 1. The number of aliphatic carboxylic acids is 1. The van der Waals surface area contributed by atoms with E-state index in [2.05, 4.69) is 0 Å². The van der Waals surface area contributed by atoms with Gasteiger partial charge in [-0.2, -0.15) is 0 Å². The number of nitrogens with zero attached hydrogens (tertiary/aromatic N) is 2. The number of hydrogen-bond donors (Lipinski definition) is 1. The summed E-state index contributed by atoms with van der Waals surface area (Å²) in [6.45, 7) is 9.88. The highest BCUT2D eigenvalue weighted by atomic mass is 19.1. The Labute approximate surface area is 198 Å². The highest BCUT2D eigenvalue weighted by Gasteiger charge is 2.32. The molecule has 34 heavy (non-hydrogen) atoms. The van der Waals surface area contributed by atoms with Crippen molar-refractivity contribution in [1.29, 1.82) is 0 Å². The van der Waals surface area contributed by atoms with Crippen molar-refractivity contribution in [2.45, 2.75) is 52.9 Å². The van der Waals surface area contributed by atoms with Crippen LogP contribution in [0.15, 0.2) is 60.8 Å². The van der Waals surface area contributed by atoms with E-state index in [0.29, 0.717) is 17.8 Å². The summed E-state index contributed by atoms with van der Waals surface area (Å²) in [5.41, 5.74) is 4.99.